The molecule has 4 rings (SSSR count). The molecule has 5 nitrogen and oxygen atoms in total. The molecule has 1 aliphatic rings. The van der Waals surface area contributed by atoms with Gasteiger partial charge >= 0.3 is 0 Å². The Bertz CT molecular complexity index is 905. The van der Waals surface area contributed by atoms with Crippen LogP contribution in [0.5, 0.6) is 0 Å². The van der Waals surface area contributed by atoms with Crippen molar-refractivity contribution in [2.45, 2.75) is 0 Å². The Hall–Kier alpha value is -3.02. The number of amides is 1. The minimum absolute atomic E-state index is 0.0655. The van der Waals surface area contributed by atoms with Crippen LogP contribution in [0.25, 0.3) is 11.0 Å². The lowest BCUT2D eigenvalue weighted by molar-refractivity contribution is 0.0746. The lowest BCUT2D eigenvalue weighted by atomic mass is 10.2. The van der Waals surface area contributed by atoms with Crippen LogP contribution in [0.1, 0.15) is 10.4 Å². The maximum absolute atomic E-state index is 13.0. The maximum Gasteiger partial charge on any atom is 0.253 e. The number of rotatable bonds is 2. The molecule has 0 saturated carbocycles. The van der Waals surface area contributed by atoms with Crippen LogP contribution in [0.15, 0.2) is 54.7 Å². The first-order chi connectivity index (χ1) is 12.2. The second-order valence-electron chi connectivity index (χ2n) is 6.00. The van der Waals surface area contributed by atoms with E-state index in [1.165, 1.54) is 24.3 Å². The first kappa shape index (κ1) is 15.5. The Kier molecular flexibility index (Phi) is 4.01. The molecule has 0 aliphatic carbocycles. The van der Waals surface area contributed by atoms with E-state index in [4.69, 9.17) is 0 Å². The molecule has 0 atom stereocenters. The average molecular weight is 336 g/mol. The highest BCUT2D eigenvalue weighted by Gasteiger charge is 2.23. The molecule has 1 aromatic heterocycles. The molecule has 2 heterocycles. The minimum Gasteiger partial charge on any atom is -0.352 e. The Balaban J connectivity index is 1.45. The summed E-state index contributed by atoms with van der Waals surface area (Å²) in [5, 5.41) is 0. The number of anilines is 1. The molecule has 25 heavy (non-hydrogen) atoms. The van der Waals surface area contributed by atoms with Crippen LogP contribution in [-0.4, -0.2) is 47.0 Å². The van der Waals surface area contributed by atoms with Crippen LogP contribution >= 0.6 is 0 Å². The van der Waals surface area contributed by atoms with Gasteiger partial charge in [0.25, 0.3) is 5.91 Å². The first-order valence-corrected chi connectivity index (χ1v) is 8.22. The molecule has 0 radical (unpaired) electrons. The van der Waals surface area contributed by atoms with Crippen LogP contribution in [0.4, 0.5) is 10.2 Å². The summed E-state index contributed by atoms with van der Waals surface area (Å²) < 4.78 is 13.0. The van der Waals surface area contributed by atoms with E-state index >= 15 is 0 Å². The number of nitrogens with zero attached hydrogens (tertiary/aromatic N) is 4. The second kappa shape index (κ2) is 6.47. The zero-order chi connectivity index (χ0) is 17.2. The van der Waals surface area contributed by atoms with E-state index in [9.17, 15) is 9.18 Å². The van der Waals surface area contributed by atoms with Gasteiger partial charge in [0.05, 0.1) is 17.2 Å². The van der Waals surface area contributed by atoms with Crippen molar-refractivity contribution in [3.63, 3.8) is 0 Å². The van der Waals surface area contributed by atoms with Crippen molar-refractivity contribution in [1.29, 1.82) is 0 Å². The summed E-state index contributed by atoms with van der Waals surface area (Å²) in [6.45, 7) is 2.59. The number of para-hydroxylation sites is 2. The molecule has 126 valence electrons. The van der Waals surface area contributed by atoms with E-state index in [0.29, 0.717) is 31.7 Å². The summed E-state index contributed by atoms with van der Waals surface area (Å²) in [5.41, 5.74) is 2.25. The van der Waals surface area contributed by atoms with E-state index in [1.807, 2.05) is 24.3 Å². The molecule has 3 aromatic rings. The van der Waals surface area contributed by atoms with Gasteiger partial charge in [-0.2, -0.15) is 0 Å². The Morgan fingerprint density at radius 2 is 1.60 bits per heavy atom. The molecule has 1 amide bonds. The van der Waals surface area contributed by atoms with Crippen LogP contribution in [-0.2, 0) is 0 Å². The number of fused-ring (bicyclic) bond motifs is 1. The zero-order valence-corrected chi connectivity index (χ0v) is 13.6. The van der Waals surface area contributed by atoms with E-state index in [0.717, 1.165) is 16.9 Å². The lowest BCUT2D eigenvalue weighted by Gasteiger charge is -2.35. The smallest absolute Gasteiger partial charge is 0.253 e. The predicted octanol–water partition coefficient (Wildman–Crippen LogP) is 2.73. The number of halogens is 1. The number of aromatic nitrogens is 2. The molecule has 2 aromatic carbocycles. The standard InChI is InChI=1S/C19H17FN4O/c20-15-7-5-14(6-8-15)19(25)24-11-9-23(10-12-24)18-13-21-16-3-1-2-4-17(16)22-18/h1-8,13H,9-12H2. The fourth-order valence-electron chi connectivity index (χ4n) is 3.01. The number of hydrogen-bond acceptors (Lipinski definition) is 4. The zero-order valence-electron chi connectivity index (χ0n) is 13.6. The van der Waals surface area contributed by atoms with Gasteiger partial charge in [-0.25, -0.2) is 9.37 Å². The largest absolute Gasteiger partial charge is 0.352 e. The number of piperazine rings is 1. The maximum atomic E-state index is 13.0. The van der Waals surface area contributed by atoms with Gasteiger partial charge in [0.15, 0.2) is 0 Å². The predicted molar refractivity (Wildman–Crippen MR) is 94.1 cm³/mol. The van der Waals surface area contributed by atoms with Crippen LogP contribution in [0, 0.1) is 5.82 Å². The molecule has 0 bridgehead atoms. The highest BCUT2D eigenvalue weighted by atomic mass is 19.1. The van der Waals surface area contributed by atoms with Crippen molar-refractivity contribution in [3.05, 3.63) is 66.1 Å². The monoisotopic (exact) mass is 336 g/mol. The fraction of sp³-hybridized carbons (Fsp3) is 0.211. The van der Waals surface area contributed by atoms with E-state index in [2.05, 4.69) is 14.9 Å². The number of benzene rings is 2. The molecule has 1 aliphatic heterocycles. The molecular weight excluding hydrogens is 319 g/mol. The molecular formula is C19H17FN4O. The first-order valence-electron chi connectivity index (χ1n) is 8.22. The van der Waals surface area contributed by atoms with E-state index in [-0.39, 0.29) is 11.7 Å². The van der Waals surface area contributed by atoms with Gasteiger partial charge in [-0.1, -0.05) is 12.1 Å². The summed E-state index contributed by atoms with van der Waals surface area (Å²) in [5.74, 6) is 0.424. The van der Waals surface area contributed by atoms with E-state index in [1.54, 1.807) is 11.1 Å². The fourth-order valence-corrected chi connectivity index (χ4v) is 3.01. The Labute approximate surface area is 144 Å². The van der Waals surface area contributed by atoms with Gasteiger partial charge in [0.2, 0.25) is 0 Å². The van der Waals surface area contributed by atoms with Gasteiger partial charge in [0, 0.05) is 31.7 Å². The van der Waals surface area contributed by atoms with Gasteiger partial charge in [-0.05, 0) is 36.4 Å². The molecule has 0 unspecified atom stereocenters. The third-order valence-corrected chi connectivity index (χ3v) is 4.42. The third kappa shape index (κ3) is 3.15. The molecule has 0 spiro atoms. The van der Waals surface area contributed by atoms with Crippen molar-refractivity contribution in [3.8, 4) is 0 Å². The molecule has 1 saturated heterocycles. The van der Waals surface area contributed by atoms with Gasteiger partial charge in [0.1, 0.15) is 11.6 Å². The SMILES string of the molecule is O=C(c1ccc(F)cc1)N1CCN(c2cnc3ccccc3n2)CC1. The number of carbonyl (C=O) groups is 1. The quantitative estimate of drug-likeness (QED) is 0.722. The van der Waals surface area contributed by atoms with Crippen molar-refractivity contribution in [2.24, 2.45) is 0 Å². The minimum atomic E-state index is -0.337. The summed E-state index contributed by atoms with van der Waals surface area (Å²) in [4.78, 5) is 25.5. The highest BCUT2D eigenvalue weighted by Crippen LogP contribution is 2.18. The van der Waals surface area contributed by atoms with Crippen LogP contribution in [0.2, 0.25) is 0 Å². The Morgan fingerprint density at radius 3 is 2.32 bits per heavy atom. The molecule has 6 heteroatoms. The van der Waals surface area contributed by atoms with Crippen molar-refractivity contribution >= 4 is 22.8 Å². The van der Waals surface area contributed by atoms with Gasteiger partial charge in [-0.3, -0.25) is 9.78 Å². The summed E-state index contributed by atoms with van der Waals surface area (Å²) in [7, 11) is 0. The van der Waals surface area contributed by atoms with Crippen molar-refractivity contribution in [2.75, 3.05) is 31.1 Å². The van der Waals surface area contributed by atoms with Crippen molar-refractivity contribution < 1.29 is 9.18 Å². The normalized spacial score (nSPS) is 14.8. The number of hydrogen-bond donors (Lipinski definition) is 0. The van der Waals surface area contributed by atoms with Gasteiger partial charge < -0.3 is 9.80 Å². The Morgan fingerprint density at radius 1 is 0.920 bits per heavy atom. The molecule has 1 fully saturated rings. The summed E-state index contributed by atoms with van der Waals surface area (Å²) >= 11 is 0. The number of carbonyl (C=O) groups excluding carboxylic acids is 1. The third-order valence-electron chi connectivity index (χ3n) is 4.42. The topological polar surface area (TPSA) is 49.3 Å². The molecule has 0 N–H and O–H groups in total. The lowest BCUT2D eigenvalue weighted by Crippen LogP contribution is -2.49. The summed E-state index contributed by atoms with van der Waals surface area (Å²) in [6, 6.07) is 13.4. The van der Waals surface area contributed by atoms with E-state index < -0.39 is 0 Å². The van der Waals surface area contributed by atoms with Crippen LogP contribution < -0.4 is 4.90 Å². The average Bonchev–Trinajstić information content (AvgIpc) is 2.68. The van der Waals surface area contributed by atoms with Crippen molar-refractivity contribution in [1.82, 2.24) is 14.9 Å². The summed E-state index contributed by atoms with van der Waals surface area (Å²) in [6.07, 6.45) is 1.78. The van der Waals surface area contributed by atoms with Crippen LogP contribution in [0.3, 0.4) is 0 Å². The highest BCUT2D eigenvalue weighted by molar-refractivity contribution is 5.94. The second-order valence-corrected chi connectivity index (χ2v) is 6.00. The van der Waals surface area contributed by atoms with Gasteiger partial charge in [-0.15, -0.1) is 0 Å².